The van der Waals surface area contributed by atoms with Gasteiger partial charge in [-0.25, -0.2) is 0 Å². The highest BCUT2D eigenvalue weighted by Crippen LogP contribution is 2.27. The van der Waals surface area contributed by atoms with Crippen LogP contribution in [-0.4, -0.2) is 64.5 Å². The molecule has 3 N–H and O–H groups in total. The summed E-state index contributed by atoms with van der Waals surface area (Å²) >= 11 is 0. The highest BCUT2D eigenvalue weighted by molar-refractivity contribution is 5.79. The first-order valence-electron chi connectivity index (χ1n) is 7.56. The Morgan fingerprint density at radius 2 is 1.90 bits per heavy atom. The Hall–Kier alpha value is -1.14. The number of hydrogen-bond acceptors (Lipinski definition) is 4. The van der Waals surface area contributed by atoms with Gasteiger partial charge in [0, 0.05) is 19.1 Å². The van der Waals surface area contributed by atoms with E-state index in [0.29, 0.717) is 6.04 Å². The fourth-order valence-electron chi connectivity index (χ4n) is 3.66. The summed E-state index contributed by atoms with van der Waals surface area (Å²) in [7, 11) is 0. The van der Waals surface area contributed by atoms with Crippen LogP contribution in [-0.2, 0) is 9.59 Å². The third-order valence-electron chi connectivity index (χ3n) is 4.70. The monoisotopic (exact) mass is 283 g/mol. The summed E-state index contributed by atoms with van der Waals surface area (Å²) in [6.45, 7) is 4.51. The number of piperidine rings is 1. The fraction of sp³-hybridized carbons (Fsp3) is 0.857. The average molecular weight is 283 g/mol. The number of likely N-dealkylation sites (tertiary alicyclic amines) is 2. The Kier molecular flexibility index (Phi) is 4.99. The number of carbonyl (C=O) groups excluding carboxylic acids is 1. The molecule has 114 valence electrons. The third kappa shape index (κ3) is 3.12. The first-order chi connectivity index (χ1) is 9.54. The van der Waals surface area contributed by atoms with Crippen molar-refractivity contribution in [2.45, 2.75) is 57.2 Å². The summed E-state index contributed by atoms with van der Waals surface area (Å²) in [5.41, 5.74) is 5.43. The van der Waals surface area contributed by atoms with Crippen molar-refractivity contribution in [1.29, 1.82) is 0 Å². The summed E-state index contributed by atoms with van der Waals surface area (Å²) in [6.07, 6.45) is 4.31. The van der Waals surface area contributed by atoms with E-state index in [1.54, 1.807) is 0 Å². The molecule has 20 heavy (non-hydrogen) atoms. The maximum Gasteiger partial charge on any atom is 0.320 e. The average Bonchev–Trinajstić information content (AvgIpc) is 2.89. The maximum atomic E-state index is 11.4. The van der Waals surface area contributed by atoms with E-state index in [4.69, 9.17) is 5.73 Å². The predicted octanol–water partition coefficient (Wildman–Crippen LogP) is 0.264. The lowest BCUT2D eigenvalue weighted by atomic mass is 9.99. The van der Waals surface area contributed by atoms with Crippen LogP contribution in [0.3, 0.4) is 0 Å². The second kappa shape index (κ2) is 6.54. The molecule has 6 nitrogen and oxygen atoms in total. The van der Waals surface area contributed by atoms with Gasteiger partial charge in [-0.15, -0.1) is 0 Å². The lowest BCUT2D eigenvalue weighted by Gasteiger charge is -2.40. The lowest BCUT2D eigenvalue weighted by Crippen LogP contribution is -2.53. The van der Waals surface area contributed by atoms with E-state index in [-0.39, 0.29) is 18.0 Å². The fourth-order valence-corrected chi connectivity index (χ4v) is 3.66. The van der Waals surface area contributed by atoms with Crippen molar-refractivity contribution in [3.63, 3.8) is 0 Å². The van der Waals surface area contributed by atoms with Gasteiger partial charge in [-0.3, -0.25) is 19.4 Å². The topological polar surface area (TPSA) is 86.9 Å². The number of nitrogens with zero attached hydrogens (tertiary/aromatic N) is 2. The Bertz CT molecular complexity index is 367. The second-order valence-electron chi connectivity index (χ2n) is 5.83. The minimum Gasteiger partial charge on any atom is -0.480 e. The molecule has 2 aliphatic heterocycles. The molecule has 2 saturated heterocycles. The molecule has 2 unspecified atom stereocenters. The van der Waals surface area contributed by atoms with Gasteiger partial charge in [-0.2, -0.15) is 0 Å². The number of aliphatic carboxylic acids is 1. The summed E-state index contributed by atoms with van der Waals surface area (Å²) in [5, 5.41) is 9.25. The number of nitrogens with two attached hydrogens (primary N) is 1. The number of carboxylic acid groups (broad SMARTS) is 1. The zero-order chi connectivity index (χ0) is 14.7. The standard InChI is InChI=1S/C14H25N3O3/c1-2-11(13(15)18)16-8-5-10(6-9-16)17-7-3-4-12(17)14(19)20/h10-12H,2-9H2,1H3,(H2,15,18)(H,19,20). The van der Waals surface area contributed by atoms with Gasteiger partial charge < -0.3 is 10.8 Å². The molecule has 2 heterocycles. The zero-order valence-corrected chi connectivity index (χ0v) is 12.1. The molecular weight excluding hydrogens is 258 g/mol. The third-order valence-corrected chi connectivity index (χ3v) is 4.70. The molecule has 6 heteroatoms. The van der Waals surface area contributed by atoms with Crippen molar-refractivity contribution in [2.24, 2.45) is 5.73 Å². The van der Waals surface area contributed by atoms with Crippen molar-refractivity contribution in [3.8, 4) is 0 Å². The molecule has 1 amide bonds. The molecule has 2 rings (SSSR count). The van der Waals surface area contributed by atoms with Crippen LogP contribution < -0.4 is 5.73 Å². The number of hydrogen-bond donors (Lipinski definition) is 2. The van der Waals surface area contributed by atoms with E-state index in [1.807, 2.05) is 6.92 Å². The summed E-state index contributed by atoms with van der Waals surface area (Å²) in [4.78, 5) is 26.9. The normalized spacial score (nSPS) is 27.6. The van der Waals surface area contributed by atoms with Crippen LogP contribution in [0, 0.1) is 0 Å². The lowest BCUT2D eigenvalue weighted by molar-refractivity contribution is -0.143. The first kappa shape index (κ1) is 15.3. The molecule has 2 fully saturated rings. The molecular formula is C14H25N3O3. The van der Waals surface area contributed by atoms with Gasteiger partial charge in [0.1, 0.15) is 6.04 Å². The van der Waals surface area contributed by atoms with Crippen LogP contribution in [0.5, 0.6) is 0 Å². The van der Waals surface area contributed by atoms with Crippen molar-refractivity contribution in [2.75, 3.05) is 19.6 Å². The van der Waals surface area contributed by atoms with E-state index in [9.17, 15) is 14.7 Å². The molecule has 0 aromatic carbocycles. The molecule has 0 aliphatic carbocycles. The molecule has 0 aromatic rings. The number of rotatable bonds is 5. The molecule has 0 radical (unpaired) electrons. The number of carbonyl (C=O) groups is 2. The van der Waals surface area contributed by atoms with E-state index in [0.717, 1.165) is 51.7 Å². The van der Waals surface area contributed by atoms with E-state index in [2.05, 4.69) is 9.80 Å². The Morgan fingerprint density at radius 3 is 2.40 bits per heavy atom. The van der Waals surface area contributed by atoms with E-state index >= 15 is 0 Å². The van der Waals surface area contributed by atoms with Crippen LogP contribution in [0.1, 0.15) is 39.0 Å². The van der Waals surface area contributed by atoms with Crippen molar-refractivity contribution in [1.82, 2.24) is 9.80 Å². The smallest absolute Gasteiger partial charge is 0.320 e. The van der Waals surface area contributed by atoms with Gasteiger partial charge >= 0.3 is 5.97 Å². The van der Waals surface area contributed by atoms with Gasteiger partial charge in [0.2, 0.25) is 5.91 Å². The van der Waals surface area contributed by atoms with Gasteiger partial charge in [-0.1, -0.05) is 6.92 Å². The van der Waals surface area contributed by atoms with Crippen LogP contribution >= 0.6 is 0 Å². The minimum absolute atomic E-state index is 0.176. The summed E-state index contributed by atoms with van der Waals surface area (Å²) in [5.74, 6) is -0.955. The Balaban J connectivity index is 1.91. The van der Waals surface area contributed by atoms with Crippen molar-refractivity contribution in [3.05, 3.63) is 0 Å². The highest BCUT2D eigenvalue weighted by atomic mass is 16.4. The largest absolute Gasteiger partial charge is 0.480 e. The van der Waals surface area contributed by atoms with Gasteiger partial charge in [-0.05, 0) is 38.6 Å². The minimum atomic E-state index is -0.700. The molecule has 0 saturated carbocycles. The molecule has 0 spiro atoms. The van der Waals surface area contributed by atoms with Crippen LogP contribution in [0.4, 0.5) is 0 Å². The molecule has 2 aliphatic rings. The van der Waals surface area contributed by atoms with Crippen LogP contribution in [0.2, 0.25) is 0 Å². The van der Waals surface area contributed by atoms with E-state index < -0.39 is 5.97 Å². The summed E-state index contributed by atoms with van der Waals surface area (Å²) in [6, 6.07) is -0.158. The molecule has 2 atom stereocenters. The number of primary amides is 1. The molecule has 0 bridgehead atoms. The summed E-state index contributed by atoms with van der Waals surface area (Å²) < 4.78 is 0. The van der Waals surface area contributed by atoms with Gasteiger partial charge in [0.15, 0.2) is 0 Å². The number of amides is 1. The highest BCUT2D eigenvalue weighted by Gasteiger charge is 2.37. The van der Waals surface area contributed by atoms with Gasteiger partial charge in [0.05, 0.1) is 6.04 Å². The predicted molar refractivity (Wildman–Crippen MR) is 75.2 cm³/mol. The maximum absolute atomic E-state index is 11.4. The Labute approximate surface area is 119 Å². The SMILES string of the molecule is CCC(C(N)=O)N1CCC(N2CCCC2C(=O)O)CC1. The second-order valence-corrected chi connectivity index (χ2v) is 5.83. The Morgan fingerprint density at radius 1 is 1.25 bits per heavy atom. The molecule has 0 aromatic heterocycles. The van der Waals surface area contributed by atoms with Crippen molar-refractivity contribution >= 4 is 11.9 Å². The van der Waals surface area contributed by atoms with Crippen LogP contribution in [0.15, 0.2) is 0 Å². The van der Waals surface area contributed by atoms with Gasteiger partial charge in [0.25, 0.3) is 0 Å². The first-order valence-corrected chi connectivity index (χ1v) is 7.56. The quantitative estimate of drug-likeness (QED) is 0.756. The van der Waals surface area contributed by atoms with Crippen LogP contribution in [0.25, 0.3) is 0 Å². The number of carboxylic acids is 1. The zero-order valence-electron chi connectivity index (χ0n) is 12.1. The van der Waals surface area contributed by atoms with E-state index in [1.165, 1.54) is 0 Å². The van der Waals surface area contributed by atoms with Crippen molar-refractivity contribution < 1.29 is 14.7 Å².